The van der Waals surface area contributed by atoms with Gasteiger partial charge in [0.15, 0.2) is 0 Å². The van der Waals surface area contributed by atoms with Gasteiger partial charge in [0.2, 0.25) is 0 Å². The average Bonchev–Trinajstić information content (AvgIpc) is 2.20. The summed E-state index contributed by atoms with van der Waals surface area (Å²) in [5.41, 5.74) is 0.824. The molecule has 0 heterocycles. The first kappa shape index (κ1) is 8.69. The van der Waals surface area contributed by atoms with Crippen molar-refractivity contribution in [3.63, 3.8) is 0 Å². The third-order valence-electron chi connectivity index (χ3n) is 2.12. The second kappa shape index (κ2) is 3.46. The Morgan fingerprint density at radius 1 is 1.07 bits per heavy atom. The van der Waals surface area contributed by atoms with Gasteiger partial charge in [0, 0.05) is 10.9 Å². The monoisotopic (exact) mass is 188 g/mol. The molecule has 3 heteroatoms. The number of halogens is 1. The van der Waals surface area contributed by atoms with Crippen LogP contribution in [0.25, 0.3) is 10.8 Å². The van der Waals surface area contributed by atoms with Crippen LogP contribution in [0.5, 0.6) is 0 Å². The van der Waals surface area contributed by atoms with Gasteiger partial charge in [-0.2, -0.15) is 5.10 Å². The lowest BCUT2D eigenvalue weighted by Crippen LogP contribution is -1.89. The van der Waals surface area contributed by atoms with E-state index in [-0.39, 0.29) is 5.82 Å². The van der Waals surface area contributed by atoms with Crippen LogP contribution in [0.2, 0.25) is 0 Å². The van der Waals surface area contributed by atoms with Gasteiger partial charge in [0.25, 0.3) is 0 Å². The number of nitrogens with two attached hydrogens (primary N) is 1. The fourth-order valence-corrected chi connectivity index (χ4v) is 1.49. The molecule has 0 amide bonds. The Labute approximate surface area is 80.8 Å². The maximum absolute atomic E-state index is 13.3. The van der Waals surface area contributed by atoms with Crippen LogP contribution in [-0.4, -0.2) is 6.21 Å². The highest BCUT2D eigenvalue weighted by Crippen LogP contribution is 2.20. The van der Waals surface area contributed by atoms with Crippen molar-refractivity contribution in [2.45, 2.75) is 0 Å². The molecular formula is C11H9FN2. The predicted octanol–water partition coefficient (Wildman–Crippen LogP) is 2.27. The number of hydrogen-bond donors (Lipinski definition) is 1. The summed E-state index contributed by atoms with van der Waals surface area (Å²) < 4.78 is 13.3. The zero-order valence-electron chi connectivity index (χ0n) is 7.44. The van der Waals surface area contributed by atoms with E-state index >= 15 is 0 Å². The lowest BCUT2D eigenvalue weighted by Gasteiger charge is -2.01. The summed E-state index contributed by atoms with van der Waals surface area (Å²) in [7, 11) is 0. The highest BCUT2D eigenvalue weighted by Gasteiger charge is 2.01. The molecule has 2 aromatic carbocycles. The molecule has 2 rings (SSSR count). The molecule has 2 N–H and O–H groups in total. The summed E-state index contributed by atoms with van der Waals surface area (Å²) in [6, 6.07) is 10.3. The minimum atomic E-state index is -0.227. The Morgan fingerprint density at radius 3 is 2.57 bits per heavy atom. The van der Waals surface area contributed by atoms with Crippen molar-refractivity contribution < 1.29 is 4.39 Å². The van der Waals surface area contributed by atoms with Crippen LogP contribution < -0.4 is 5.84 Å². The zero-order valence-corrected chi connectivity index (χ0v) is 7.44. The van der Waals surface area contributed by atoms with Gasteiger partial charge in [-0.1, -0.05) is 30.3 Å². The van der Waals surface area contributed by atoms with Crippen LogP contribution in [0.15, 0.2) is 41.5 Å². The molecule has 0 fully saturated rings. The number of fused-ring (bicyclic) bond motifs is 1. The standard InChI is InChI=1S/C11H9FN2/c12-11-6-2-4-9-8(7-14-13)3-1-5-10(9)11/h1-7H,13H2. The summed E-state index contributed by atoms with van der Waals surface area (Å²) in [6.07, 6.45) is 1.52. The van der Waals surface area contributed by atoms with Gasteiger partial charge in [-0.15, -0.1) is 0 Å². The minimum absolute atomic E-state index is 0.227. The van der Waals surface area contributed by atoms with Crippen LogP contribution >= 0.6 is 0 Å². The lowest BCUT2D eigenvalue weighted by molar-refractivity contribution is 0.640. The number of hydrogen-bond acceptors (Lipinski definition) is 2. The largest absolute Gasteiger partial charge is 0.323 e. The van der Waals surface area contributed by atoms with Crippen LogP contribution in [-0.2, 0) is 0 Å². The Hall–Kier alpha value is -1.90. The normalized spacial score (nSPS) is 11.2. The van der Waals surface area contributed by atoms with E-state index in [2.05, 4.69) is 5.10 Å². The minimum Gasteiger partial charge on any atom is -0.323 e. The smallest absolute Gasteiger partial charge is 0.131 e. The Balaban J connectivity index is 2.81. The molecule has 0 radical (unpaired) electrons. The molecular weight excluding hydrogens is 179 g/mol. The third-order valence-corrected chi connectivity index (χ3v) is 2.12. The van der Waals surface area contributed by atoms with E-state index in [4.69, 9.17) is 5.84 Å². The fourth-order valence-electron chi connectivity index (χ4n) is 1.49. The van der Waals surface area contributed by atoms with Crippen LogP contribution in [0, 0.1) is 5.82 Å². The van der Waals surface area contributed by atoms with Crippen molar-refractivity contribution in [2.24, 2.45) is 10.9 Å². The van der Waals surface area contributed by atoms with Gasteiger partial charge in [-0.3, -0.25) is 0 Å². The Morgan fingerprint density at radius 2 is 1.79 bits per heavy atom. The summed E-state index contributed by atoms with van der Waals surface area (Å²) in [5, 5.41) is 4.85. The topological polar surface area (TPSA) is 38.4 Å². The van der Waals surface area contributed by atoms with Gasteiger partial charge in [0.1, 0.15) is 5.82 Å². The summed E-state index contributed by atoms with van der Waals surface area (Å²) in [5.74, 6) is 4.84. The van der Waals surface area contributed by atoms with E-state index in [0.717, 1.165) is 10.9 Å². The molecule has 0 atom stereocenters. The quantitative estimate of drug-likeness (QED) is 0.416. The molecule has 0 aliphatic heterocycles. The van der Waals surface area contributed by atoms with Gasteiger partial charge >= 0.3 is 0 Å². The van der Waals surface area contributed by atoms with Crippen molar-refractivity contribution in [2.75, 3.05) is 0 Å². The number of benzene rings is 2. The highest BCUT2D eigenvalue weighted by molar-refractivity contribution is 5.99. The van der Waals surface area contributed by atoms with E-state index in [1.54, 1.807) is 18.2 Å². The van der Waals surface area contributed by atoms with E-state index in [0.29, 0.717) is 5.39 Å². The van der Waals surface area contributed by atoms with Gasteiger partial charge in [-0.05, 0) is 11.5 Å². The van der Waals surface area contributed by atoms with E-state index in [1.165, 1.54) is 12.3 Å². The van der Waals surface area contributed by atoms with Crippen LogP contribution in [0.3, 0.4) is 0 Å². The van der Waals surface area contributed by atoms with Crippen molar-refractivity contribution in [1.29, 1.82) is 0 Å². The Kier molecular flexibility index (Phi) is 2.14. The molecule has 0 saturated carbocycles. The molecule has 0 bridgehead atoms. The molecule has 0 unspecified atom stereocenters. The van der Waals surface area contributed by atoms with Gasteiger partial charge < -0.3 is 5.84 Å². The molecule has 70 valence electrons. The molecule has 0 aliphatic rings. The van der Waals surface area contributed by atoms with Crippen LogP contribution in [0.4, 0.5) is 4.39 Å². The molecule has 0 aromatic heterocycles. The number of rotatable bonds is 1. The first-order chi connectivity index (χ1) is 6.83. The second-order valence-electron chi connectivity index (χ2n) is 2.96. The fraction of sp³-hybridized carbons (Fsp3) is 0. The van der Waals surface area contributed by atoms with E-state index in [9.17, 15) is 4.39 Å². The lowest BCUT2D eigenvalue weighted by atomic mass is 10.1. The van der Waals surface area contributed by atoms with Crippen molar-refractivity contribution in [3.8, 4) is 0 Å². The predicted molar refractivity (Wildman–Crippen MR) is 55.7 cm³/mol. The SMILES string of the molecule is NN=Cc1cccc2c(F)cccc12. The molecule has 2 aromatic rings. The summed E-state index contributed by atoms with van der Waals surface area (Å²) in [4.78, 5) is 0. The summed E-state index contributed by atoms with van der Waals surface area (Å²) in [6.45, 7) is 0. The van der Waals surface area contributed by atoms with E-state index < -0.39 is 0 Å². The van der Waals surface area contributed by atoms with Crippen LogP contribution in [0.1, 0.15) is 5.56 Å². The number of nitrogens with zero attached hydrogens (tertiary/aromatic N) is 1. The van der Waals surface area contributed by atoms with Crippen molar-refractivity contribution in [3.05, 3.63) is 47.8 Å². The van der Waals surface area contributed by atoms with Crippen molar-refractivity contribution >= 4 is 17.0 Å². The first-order valence-corrected chi connectivity index (χ1v) is 4.23. The second-order valence-corrected chi connectivity index (χ2v) is 2.96. The maximum Gasteiger partial charge on any atom is 0.131 e. The highest BCUT2D eigenvalue weighted by atomic mass is 19.1. The Bertz CT molecular complexity index is 492. The average molecular weight is 188 g/mol. The zero-order chi connectivity index (χ0) is 9.97. The van der Waals surface area contributed by atoms with Gasteiger partial charge in [-0.25, -0.2) is 4.39 Å². The van der Waals surface area contributed by atoms with Gasteiger partial charge in [0.05, 0.1) is 6.21 Å². The maximum atomic E-state index is 13.3. The summed E-state index contributed by atoms with van der Waals surface area (Å²) >= 11 is 0. The molecule has 0 saturated heterocycles. The number of hydrazone groups is 1. The molecule has 0 spiro atoms. The van der Waals surface area contributed by atoms with Crippen molar-refractivity contribution in [1.82, 2.24) is 0 Å². The molecule has 2 nitrogen and oxygen atoms in total. The molecule has 0 aliphatic carbocycles. The molecule has 14 heavy (non-hydrogen) atoms. The van der Waals surface area contributed by atoms with E-state index in [1.807, 2.05) is 12.1 Å². The first-order valence-electron chi connectivity index (χ1n) is 4.23. The third kappa shape index (κ3) is 1.33.